The molecule has 0 spiro atoms. The normalized spacial score (nSPS) is 13.1. The highest BCUT2D eigenvalue weighted by molar-refractivity contribution is 5.88. The third kappa shape index (κ3) is 3.85. The zero-order valence-corrected chi connectivity index (χ0v) is 12.4. The van der Waals surface area contributed by atoms with Gasteiger partial charge in [0.05, 0.1) is 6.42 Å². The molecular weight excluding hydrogens is 357 g/mol. The van der Waals surface area contributed by atoms with Crippen LogP contribution in [0.25, 0.3) is 10.8 Å². The summed E-state index contributed by atoms with van der Waals surface area (Å²) in [5.41, 5.74) is 0.369. The number of esters is 1. The Morgan fingerprint density at radius 3 is 2.12 bits per heavy atom. The molecule has 0 N–H and O–H groups in total. The van der Waals surface area contributed by atoms with E-state index in [1.54, 1.807) is 36.4 Å². The molecule has 0 aliphatic carbocycles. The molecule has 2 rings (SSSR count). The number of halogens is 7. The van der Waals surface area contributed by atoms with E-state index >= 15 is 0 Å². The summed E-state index contributed by atoms with van der Waals surface area (Å²) in [6.07, 6.45) is -7.01. The molecular formula is C16H11F7O2. The fourth-order valence-electron chi connectivity index (χ4n) is 2.12. The first-order chi connectivity index (χ1) is 11.5. The van der Waals surface area contributed by atoms with E-state index in [-0.39, 0.29) is 0 Å². The van der Waals surface area contributed by atoms with Crippen LogP contribution in [-0.2, 0) is 16.0 Å². The lowest BCUT2D eigenvalue weighted by Gasteiger charge is -2.27. The number of hydrogen-bond acceptors (Lipinski definition) is 2. The number of carbonyl (C=O) groups excluding carboxylic acids is 1. The maximum Gasteiger partial charge on any atom is 0.460 e. The fourth-order valence-corrected chi connectivity index (χ4v) is 2.12. The number of hydrogen-bond donors (Lipinski definition) is 0. The summed E-state index contributed by atoms with van der Waals surface area (Å²) >= 11 is 0. The van der Waals surface area contributed by atoms with E-state index < -0.39 is 37.0 Å². The van der Waals surface area contributed by atoms with E-state index in [0.29, 0.717) is 10.9 Å². The van der Waals surface area contributed by atoms with Gasteiger partial charge in [-0.15, -0.1) is 0 Å². The number of rotatable bonds is 5. The molecule has 0 saturated carbocycles. The van der Waals surface area contributed by atoms with Crippen molar-refractivity contribution in [2.24, 2.45) is 0 Å². The van der Waals surface area contributed by atoms with Gasteiger partial charge in [0.2, 0.25) is 0 Å². The molecule has 2 aromatic rings. The Balaban J connectivity index is 2.08. The Bertz CT molecular complexity index is 763. The monoisotopic (exact) mass is 368 g/mol. The maximum atomic E-state index is 13.1. The molecule has 0 aromatic heterocycles. The zero-order valence-electron chi connectivity index (χ0n) is 12.4. The smallest absolute Gasteiger partial charge is 0.459 e. The first kappa shape index (κ1) is 19.0. The minimum atomic E-state index is -6.46. The van der Waals surface area contributed by atoms with Gasteiger partial charge in [0.25, 0.3) is 0 Å². The number of fused-ring (bicyclic) bond motifs is 1. The van der Waals surface area contributed by atoms with Crippen LogP contribution in [0.15, 0.2) is 42.5 Å². The van der Waals surface area contributed by atoms with E-state index in [1.807, 2.05) is 0 Å². The summed E-state index contributed by atoms with van der Waals surface area (Å²) in [6.45, 7) is -2.37. The minimum Gasteiger partial charge on any atom is -0.459 e. The van der Waals surface area contributed by atoms with Crippen molar-refractivity contribution in [2.45, 2.75) is 24.4 Å². The van der Waals surface area contributed by atoms with Crippen molar-refractivity contribution in [2.75, 3.05) is 6.61 Å². The lowest BCUT2D eigenvalue weighted by molar-refractivity contribution is -0.359. The minimum absolute atomic E-state index is 0.369. The lowest BCUT2D eigenvalue weighted by Crippen LogP contribution is -2.54. The van der Waals surface area contributed by atoms with E-state index in [2.05, 4.69) is 4.74 Å². The molecule has 0 unspecified atom stereocenters. The Hall–Kier alpha value is -2.32. The van der Waals surface area contributed by atoms with E-state index in [1.165, 1.54) is 6.07 Å². The van der Waals surface area contributed by atoms with Crippen molar-refractivity contribution in [3.63, 3.8) is 0 Å². The zero-order chi connectivity index (χ0) is 18.9. The fraction of sp³-hybridized carbons (Fsp3) is 0.312. The molecule has 0 heterocycles. The van der Waals surface area contributed by atoms with Gasteiger partial charge in [0.1, 0.15) is 0 Å². The van der Waals surface area contributed by atoms with Crippen LogP contribution in [0.1, 0.15) is 5.56 Å². The largest absolute Gasteiger partial charge is 0.460 e. The molecule has 25 heavy (non-hydrogen) atoms. The van der Waals surface area contributed by atoms with Gasteiger partial charge in [-0.2, -0.15) is 30.7 Å². The highest BCUT2D eigenvalue weighted by atomic mass is 19.4. The summed E-state index contributed by atoms with van der Waals surface area (Å²) in [5, 5.41) is 1.34. The maximum absolute atomic E-state index is 13.1. The van der Waals surface area contributed by atoms with Crippen molar-refractivity contribution in [1.82, 2.24) is 0 Å². The second kappa shape index (κ2) is 6.53. The van der Waals surface area contributed by atoms with Crippen molar-refractivity contribution >= 4 is 16.7 Å². The summed E-state index contributed by atoms with van der Waals surface area (Å²) in [7, 11) is 0. The van der Waals surface area contributed by atoms with Crippen LogP contribution < -0.4 is 0 Å². The second-order valence-corrected chi connectivity index (χ2v) is 5.25. The molecule has 0 aliphatic heterocycles. The summed E-state index contributed by atoms with van der Waals surface area (Å²) in [4.78, 5) is 11.6. The average molecular weight is 368 g/mol. The molecule has 0 radical (unpaired) electrons. The van der Waals surface area contributed by atoms with Crippen LogP contribution in [0, 0.1) is 0 Å². The molecule has 0 fully saturated rings. The number of alkyl halides is 7. The molecule has 0 amide bonds. The Kier molecular flexibility index (Phi) is 4.97. The first-order valence-corrected chi connectivity index (χ1v) is 6.90. The van der Waals surface area contributed by atoms with E-state index in [4.69, 9.17) is 0 Å². The third-order valence-electron chi connectivity index (χ3n) is 3.44. The van der Waals surface area contributed by atoms with Gasteiger partial charge in [0.15, 0.2) is 6.61 Å². The van der Waals surface area contributed by atoms with Gasteiger partial charge in [0, 0.05) is 0 Å². The number of ether oxygens (including phenoxy) is 1. The molecule has 2 aromatic carbocycles. The molecule has 0 atom stereocenters. The van der Waals surface area contributed by atoms with Gasteiger partial charge in [-0.05, 0) is 16.3 Å². The highest BCUT2D eigenvalue weighted by Crippen LogP contribution is 2.46. The van der Waals surface area contributed by atoms with Crippen LogP contribution in [-0.4, -0.2) is 30.6 Å². The summed E-state index contributed by atoms with van der Waals surface area (Å²) in [6, 6.07) is 11.6. The molecule has 9 heteroatoms. The predicted molar refractivity (Wildman–Crippen MR) is 74.6 cm³/mol. The molecule has 0 aliphatic rings. The number of carbonyl (C=O) groups is 1. The van der Waals surface area contributed by atoms with Crippen molar-refractivity contribution in [3.8, 4) is 0 Å². The second-order valence-electron chi connectivity index (χ2n) is 5.25. The highest BCUT2D eigenvalue weighted by Gasteiger charge is 2.73. The Morgan fingerprint density at radius 2 is 1.48 bits per heavy atom. The van der Waals surface area contributed by atoms with E-state index in [0.717, 1.165) is 5.39 Å². The molecule has 136 valence electrons. The third-order valence-corrected chi connectivity index (χ3v) is 3.44. The molecule has 2 nitrogen and oxygen atoms in total. The summed E-state index contributed by atoms with van der Waals surface area (Å²) < 4.78 is 91.6. The van der Waals surface area contributed by atoms with E-state index in [9.17, 15) is 35.5 Å². The topological polar surface area (TPSA) is 26.3 Å². The van der Waals surface area contributed by atoms with Crippen molar-refractivity contribution < 1.29 is 40.3 Å². The van der Waals surface area contributed by atoms with Gasteiger partial charge >= 0.3 is 24.0 Å². The van der Waals surface area contributed by atoms with Gasteiger partial charge in [-0.3, -0.25) is 4.79 Å². The van der Waals surface area contributed by atoms with Crippen LogP contribution in [0.4, 0.5) is 30.7 Å². The van der Waals surface area contributed by atoms with Crippen LogP contribution in [0.3, 0.4) is 0 Å². The number of benzene rings is 2. The summed E-state index contributed by atoms with van der Waals surface area (Å²) in [5.74, 6) is -13.2. The van der Waals surface area contributed by atoms with Gasteiger partial charge in [-0.25, -0.2) is 0 Å². The van der Waals surface area contributed by atoms with Crippen molar-refractivity contribution in [3.05, 3.63) is 48.0 Å². The van der Waals surface area contributed by atoms with Gasteiger partial charge < -0.3 is 4.74 Å². The van der Waals surface area contributed by atoms with Crippen LogP contribution in [0.2, 0.25) is 0 Å². The van der Waals surface area contributed by atoms with Gasteiger partial charge in [-0.1, -0.05) is 42.5 Å². The van der Waals surface area contributed by atoms with Crippen LogP contribution in [0.5, 0.6) is 0 Å². The predicted octanol–water partition coefficient (Wildman–Crippen LogP) is 4.76. The average Bonchev–Trinajstić information content (AvgIpc) is 2.52. The SMILES string of the molecule is O=C(Cc1cccc2ccccc12)OCC(F)(F)C(F)(F)C(F)(F)F. The molecule has 0 saturated heterocycles. The lowest BCUT2D eigenvalue weighted by atomic mass is 10.0. The quantitative estimate of drug-likeness (QED) is 0.562. The Morgan fingerprint density at radius 1 is 0.880 bits per heavy atom. The standard InChI is InChI=1S/C16H11F7O2/c17-14(18,15(19,20)16(21,22)23)9-25-13(24)8-11-6-3-5-10-4-1-2-7-12(10)11/h1-7H,8-9H2. The molecule has 0 bridgehead atoms. The first-order valence-electron chi connectivity index (χ1n) is 6.90. The van der Waals surface area contributed by atoms with Crippen molar-refractivity contribution in [1.29, 1.82) is 0 Å². The Labute approximate surface area is 137 Å². The van der Waals surface area contributed by atoms with Crippen LogP contribution >= 0.6 is 0 Å².